The average molecular weight is 287 g/mol. The van der Waals surface area contributed by atoms with Crippen molar-refractivity contribution in [1.82, 2.24) is 20.2 Å². The number of benzene rings is 1. The maximum atomic E-state index is 11.9. The fourth-order valence-electron chi connectivity index (χ4n) is 1.32. The number of hydrogen-bond donors (Lipinski definition) is 1. The number of carboxylic acid groups (broad SMARTS) is 1. The Labute approximate surface area is 110 Å². The minimum Gasteiger partial charge on any atom is -0.611 e. The molecule has 0 amide bonds. The van der Waals surface area contributed by atoms with Gasteiger partial charge in [-0.1, -0.05) is 11.6 Å². The van der Waals surface area contributed by atoms with Gasteiger partial charge in [0.05, 0.1) is 0 Å². The van der Waals surface area contributed by atoms with Crippen molar-refractivity contribution >= 4 is 28.7 Å². The van der Waals surface area contributed by atoms with E-state index in [1.165, 1.54) is 17.1 Å². The van der Waals surface area contributed by atoms with Gasteiger partial charge in [-0.25, -0.2) is 4.79 Å². The van der Waals surface area contributed by atoms with Gasteiger partial charge >= 0.3 is 5.97 Å². The molecule has 0 saturated carbocycles. The van der Waals surface area contributed by atoms with Crippen LogP contribution in [0.1, 0.15) is 0 Å². The largest absolute Gasteiger partial charge is 0.611 e. The molecule has 0 saturated heterocycles. The molecule has 0 spiro atoms. The zero-order valence-corrected chi connectivity index (χ0v) is 10.4. The molecule has 1 unspecified atom stereocenters. The lowest BCUT2D eigenvalue weighted by Gasteiger charge is -2.12. The number of rotatable bonds is 4. The van der Waals surface area contributed by atoms with Crippen LogP contribution in [0.3, 0.4) is 0 Å². The first-order chi connectivity index (χ1) is 8.58. The van der Waals surface area contributed by atoms with Crippen molar-refractivity contribution in [3.8, 4) is 5.69 Å². The van der Waals surface area contributed by atoms with Gasteiger partial charge in [-0.2, -0.15) is 4.68 Å². The second-order valence-electron chi connectivity index (χ2n) is 3.25. The summed E-state index contributed by atoms with van der Waals surface area (Å²) in [6.45, 7) is 0. The number of carbonyl (C=O) groups is 1. The van der Waals surface area contributed by atoms with Gasteiger partial charge in [0.15, 0.2) is 4.90 Å². The number of aromatic nitrogens is 4. The fourth-order valence-corrected chi connectivity index (χ4v) is 2.59. The average Bonchev–Trinajstić information content (AvgIpc) is 2.81. The van der Waals surface area contributed by atoms with E-state index >= 15 is 0 Å². The van der Waals surface area contributed by atoms with Gasteiger partial charge in [-0.05, 0) is 33.7 Å². The Kier molecular flexibility index (Phi) is 3.80. The first kappa shape index (κ1) is 12.8. The summed E-state index contributed by atoms with van der Waals surface area (Å²) in [4.78, 5) is 10.9. The maximum Gasteiger partial charge on any atom is 0.354 e. The molecule has 1 heterocycles. The SMILES string of the molecule is O=C(O)C[S+]([O-])c1cc(Cl)ccc1-n1cnnn1. The fraction of sp³-hybridized carbons (Fsp3) is 0.111. The third-order valence-corrected chi connectivity index (χ3v) is 3.58. The van der Waals surface area contributed by atoms with E-state index in [9.17, 15) is 9.35 Å². The number of aliphatic carboxylic acids is 1. The first-order valence-corrected chi connectivity index (χ1v) is 6.40. The van der Waals surface area contributed by atoms with Crippen LogP contribution in [0.5, 0.6) is 0 Å². The van der Waals surface area contributed by atoms with Crippen LogP contribution >= 0.6 is 11.6 Å². The summed E-state index contributed by atoms with van der Waals surface area (Å²) in [5.41, 5.74) is 0.434. The van der Waals surface area contributed by atoms with Crippen LogP contribution in [0.4, 0.5) is 0 Å². The van der Waals surface area contributed by atoms with Gasteiger partial charge in [-0.3, -0.25) is 0 Å². The van der Waals surface area contributed by atoms with E-state index in [-0.39, 0.29) is 4.90 Å². The summed E-state index contributed by atoms with van der Waals surface area (Å²) < 4.78 is 13.2. The lowest BCUT2D eigenvalue weighted by atomic mass is 10.3. The van der Waals surface area contributed by atoms with Crippen molar-refractivity contribution in [3.05, 3.63) is 29.5 Å². The number of halogens is 1. The molecule has 0 aliphatic carbocycles. The van der Waals surface area contributed by atoms with E-state index in [0.29, 0.717) is 10.7 Å². The Morgan fingerprint density at radius 3 is 2.94 bits per heavy atom. The molecule has 1 atom stereocenters. The van der Waals surface area contributed by atoms with Gasteiger partial charge in [0.25, 0.3) is 0 Å². The Morgan fingerprint density at radius 2 is 2.33 bits per heavy atom. The Morgan fingerprint density at radius 1 is 1.56 bits per heavy atom. The topological polar surface area (TPSA) is 104 Å². The minimum atomic E-state index is -1.72. The summed E-state index contributed by atoms with van der Waals surface area (Å²) in [6, 6.07) is 4.60. The normalized spacial score (nSPS) is 12.3. The Bertz CT molecular complexity index is 563. The van der Waals surface area contributed by atoms with E-state index in [0.717, 1.165) is 0 Å². The van der Waals surface area contributed by atoms with Crippen LogP contribution in [0.25, 0.3) is 5.69 Å². The summed E-state index contributed by atoms with van der Waals surface area (Å²) >= 11 is 4.10. The molecule has 2 aromatic rings. The van der Waals surface area contributed by atoms with Crippen LogP contribution in [0, 0.1) is 0 Å². The second-order valence-corrected chi connectivity index (χ2v) is 5.11. The zero-order valence-electron chi connectivity index (χ0n) is 8.86. The third kappa shape index (κ3) is 2.78. The van der Waals surface area contributed by atoms with Crippen LogP contribution in [-0.2, 0) is 16.0 Å². The molecule has 9 heteroatoms. The van der Waals surface area contributed by atoms with Gasteiger partial charge in [0, 0.05) is 11.1 Å². The van der Waals surface area contributed by atoms with Crippen molar-refractivity contribution in [3.63, 3.8) is 0 Å². The maximum absolute atomic E-state index is 11.9. The van der Waals surface area contributed by atoms with Crippen molar-refractivity contribution in [2.24, 2.45) is 0 Å². The molecule has 1 N–H and O–H groups in total. The molecule has 1 aromatic heterocycles. The predicted molar refractivity (Wildman–Crippen MR) is 63.1 cm³/mol. The second kappa shape index (κ2) is 5.34. The van der Waals surface area contributed by atoms with E-state index in [1.54, 1.807) is 12.1 Å². The molecule has 7 nitrogen and oxygen atoms in total. The molecule has 0 aliphatic rings. The third-order valence-electron chi connectivity index (χ3n) is 2.02. The molecule has 0 bridgehead atoms. The van der Waals surface area contributed by atoms with E-state index in [2.05, 4.69) is 15.5 Å². The monoisotopic (exact) mass is 286 g/mol. The standard InChI is InChI=1S/C9H7ClN4O3S/c10-6-1-2-7(14-5-11-12-13-14)8(3-6)18(17)4-9(15)16/h1-3,5H,4H2,(H,15,16). The van der Waals surface area contributed by atoms with Crippen LogP contribution < -0.4 is 0 Å². The zero-order chi connectivity index (χ0) is 13.1. The van der Waals surface area contributed by atoms with Crippen LogP contribution in [0.15, 0.2) is 29.4 Å². The molecule has 18 heavy (non-hydrogen) atoms. The van der Waals surface area contributed by atoms with Crippen LogP contribution in [0.2, 0.25) is 5.02 Å². The highest BCUT2D eigenvalue weighted by molar-refractivity contribution is 7.92. The summed E-state index contributed by atoms with van der Waals surface area (Å²) in [5.74, 6) is -1.66. The molecule has 94 valence electrons. The molecule has 0 aliphatic heterocycles. The van der Waals surface area contributed by atoms with Crippen molar-refractivity contribution in [1.29, 1.82) is 0 Å². The number of carboxylic acids is 1. The highest BCUT2D eigenvalue weighted by Crippen LogP contribution is 2.24. The molecular formula is C9H7ClN4O3S. The first-order valence-electron chi connectivity index (χ1n) is 4.71. The number of nitrogens with zero attached hydrogens (tertiary/aromatic N) is 4. The van der Waals surface area contributed by atoms with Gasteiger partial charge < -0.3 is 9.66 Å². The van der Waals surface area contributed by atoms with Gasteiger partial charge in [-0.15, -0.1) is 5.10 Å². The lowest BCUT2D eigenvalue weighted by molar-refractivity contribution is -0.134. The molecule has 2 rings (SSSR count). The molecular weight excluding hydrogens is 280 g/mol. The van der Waals surface area contributed by atoms with E-state index in [1.807, 2.05) is 0 Å². The van der Waals surface area contributed by atoms with E-state index < -0.39 is 22.9 Å². The molecule has 0 radical (unpaired) electrons. The van der Waals surface area contributed by atoms with E-state index in [4.69, 9.17) is 16.7 Å². The Balaban J connectivity index is 2.44. The highest BCUT2D eigenvalue weighted by atomic mass is 35.5. The van der Waals surface area contributed by atoms with Crippen LogP contribution in [-0.4, -0.2) is 41.6 Å². The smallest absolute Gasteiger partial charge is 0.354 e. The quantitative estimate of drug-likeness (QED) is 0.821. The minimum absolute atomic E-state index is 0.275. The lowest BCUT2D eigenvalue weighted by Crippen LogP contribution is -2.17. The highest BCUT2D eigenvalue weighted by Gasteiger charge is 2.21. The predicted octanol–water partition coefficient (Wildman–Crippen LogP) is 0.508. The van der Waals surface area contributed by atoms with Crippen molar-refractivity contribution < 1.29 is 14.5 Å². The van der Waals surface area contributed by atoms with Crippen molar-refractivity contribution in [2.45, 2.75) is 4.90 Å². The molecule has 0 fully saturated rings. The molecule has 1 aromatic carbocycles. The van der Waals surface area contributed by atoms with Gasteiger partial charge in [0.1, 0.15) is 12.0 Å². The van der Waals surface area contributed by atoms with Gasteiger partial charge in [0.2, 0.25) is 5.75 Å². The number of hydrogen-bond acceptors (Lipinski definition) is 5. The summed E-state index contributed by atoms with van der Waals surface area (Å²) in [5, 5.41) is 19.6. The summed E-state index contributed by atoms with van der Waals surface area (Å²) in [6.07, 6.45) is 1.32. The summed E-state index contributed by atoms with van der Waals surface area (Å²) in [7, 11) is 0. The van der Waals surface area contributed by atoms with Crippen molar-refractivity contribution in [2.75, 3.05) is 5.75 Å². The number of tetrazole rings is 1. The Hall–Kier alpha value is -1.64.